The van der Waals surface area contributed by atoms with Crippen LogP contribution < -0.4 is 5.32 Å². The number of anilines is 1. The zero-order chi connectivity index (χ0) is 20.7. The molecule has 4 atom stereocenters. The SMILES string of the molecule is Cc1ccc(NC(=O)COC(=O)CCN2C(=O)[C@H]3[C@H]4CC[C@@H](C4)[C@@H]3C2=O)cc1C. The summed E-state index contributed by atoms with van der Waals surface area (Å²) in [6.45, 7) is 3.56. The van der Waals surface area contributed by atoms with Crippen LogP contribution in [-0.4, -0.2) is 41.7 Å². The second-order valence-electron chi connectivity index (χ2n) is 8.47. The Bertz CT molecular complexity index is 852. The molecule has 3 aliphatic rings. The van der Waals surface area contributed by atoms with Crippen molar-refractivity contribution in [1.82, 2.24) is 4.90 Å². The van der Waals surface area contributed by atoms with Crippen molar-refractivity contribution in [2.24, 2.45) is 23.7 Å². The molecule has 7 nitrogen and oxygen atoms in total. The molecule has 2 bridgehead atoms. The highest BCUT2D eigenvalue weighted by Gasteiger charge is 2.60. The van der Waals surface area contributed by atoms with Crippen molar-refractivity contribution < 1.29 is 23.9 Å². The van der Waals surface area contributed by atoms with Crippen LogP contribution in [-0.2, 0) is 23.9 Å². The van der Waals surface area contributed by atoms with Crippen LogP contribution in [0.1, 0.15) is 36.8 Å². The fourth-order valence-corrected chi connectivity index (χ4v) is 5.13. The van der Waals surface area contributed by atoms with Crippen LogP contribution in [0.3, 0.4) is 0 Å². The summed E-state index contributed by atoms with van der Waals surface area (Å²) in [5.41, 5.74) is 2.82. The predicted octanol–water partition coefficient (Wildman–Crippen LogP) is 2.21. The number of nitrogens with one attached hydrogen (secondary N) is 1. The molecule has 1 saturated heterocycles. The van der Waals surface area contributed by atoms with Gasteiger partial charge in [0.25, 0.3) is 5.91 Å². The molecule has 0 spiro atoms. The summed E-state index contributed by atoms with van der Waals surface area (Å²) in [4.78, 5) is 50.4. The first-order valence-corrected chi connectivity index (χ1v) is 10.2. The number of nitrogens with zero attached hydrogens (tertiary/aromatic N) is 1. The molecular weight excluding hydrogens is 372 g/mol. The highest BCUT2D eigenvalue weighted by atomic mass is 16.5. The summed E-state index contributed by atoms with van der Waals surface area (Å²) >= 11 is 0. The van der Waals surface area contributed by atoms with Crippen LogP contribution in [0.4, 0.5) is 5.69 Å². The van der Waals surface area contributed by atoms with Gasteiger partial charge in [-0.3, -0.25) is 24.1 Å². The van der Waals surface area contributed by atoms with Crippen LogP contribution in [0, 0.1) is 37.5 Å². The number of fused-ring (bicyclic) bond motifs is 5. The molecule has 0 aromatic heterocycles. The molecule has 1 aromatic rings. The number of hydrogen-bond donors (Lipinski definition) is 1. The molecule has 7 heteroatoms. The van der Waals surface area contributed by atoms with E-state index in [4.69, 9.17) is 4.74 Å². The van der Waals surface area contributed by atoms with Gasteiger partial charge < -0.3 is 10.1 Å². The third-order valence-corrected chi connectivity index (χ3v) is 6.71. The highest BCUT2D eigenvalue weighted by Crippen LogP contribution is 2.56. The predicted molar refractivity (Wildman–Crippen MR) is 105 cm³/mol. The average molecular weight is 398 g/mol. The zero-order valence-corrected chi connectivity index (χ0v) is 16.8. The summed E-state index contributed by atoms with van der Waals surface area (Å²) in [5, 5.41) is 2.69. The third-order valence-electron chi connectivity index (χ3n) is 6.71. The number of carbonyl (C=O) groups excluding carboxylic acids is 4. The number of amides is 3. The largest absolute Gasteiger partial charge is 0.456 e. The Morgan fingerprint density at radius 1 is 1.07 bits per heavy atom. The number of benzene rings is 1. The number of rotatable bonds is 6. The van der Waals surface area contributed by atoms with Crippen molar-refractivity contribution in [3.8, 4) is 0 Å². The summed E-state index contributed by atoms with van der Waals surface area (Å²) in [5.74, 6) is -0.996. The fourth-order valence-electron chi connectivity index (χ4n) is 5.13. The minimum Gasteiger partial charge on any atom is -0.456 e. The number of esters is 1. The lowest BCUT2D eigenvalue weighted by Crippen LogP contribution is -2.35. The highest BCUT2D eigenvalue weighted by molar-refractivity contribution is 6.06. The van der Waals surface area contributed by atoms with Gasteiger partial charge in [0, 0.05) is 12.2 Å². The molecule has 3 fully saturated rings. The van der Waals surface area contributed by atoms with E-state index in [-0.39, 0.29) is 36.6 Å². The number of carbonyl (C=O) groups is 4. The Morgan fingerprint density at radius 2 is 1.72 bits per heavy atom. The van der Waals surface area contributed by atoms with E-state index in [0.29, 0.717) is 17.5 Å². The first kappa shape index (κ1) is 19.6. The lowest BCUT2D eigenvalue weighted by molar-refractivity contribution is -0.149. The van der Waals surface area contributed by atoms with E-state index in [1.807, 2.05) is 26.0 Å². The van der Waals surface area contributed by atoms with Crippen molar-refractivity contribution in [1.29, 1.82) is 0 Å². The van der Waals surface area contributed by atoms with Gasteiger partial charge in [-0.25, -0.2) is 0 Å². The second kappa shape index (κ2) is 7.61. The first-order valence-electron chi connectivity index (χ1n) is 10.2. The van der Waals surface area contributed by atoms with E-state index in [1.165, 1.54) is 4.90 Å². The first-order chi connectivity index (χ1) is 13.8. The Balaban J connectivity index is 1.23. The molecule has 3 amide bonds. The fraction of sp³-hybridized carbons (Fsp3) is 0.545. The standard InChI is InChI=1S/C22H26N2O5/c1-12-3-6-16(9-13(12)2)23-17(25)11-29-18(26)7-8-24-21(27)19-14-4-5-15(10-14)20(19)22(24)28/h3,6,9,14-15,19-20H,4-5,7-8,10-11H2,1-2H3,(H,23,25)/t14-,15-,19-,20-/m0/s1. The van der Waals surface area contributed by atoms with Crippen molar-refractivity contribution in [2.45, 2.75) is 39.5 Å². The van der Waals surface area contributed by atoms with E-state index in [2.05, 4.69) is 5.32 Å². The Kier molecular flexibility index (Phi) is 5.15. The molecule has 0 unspecified atom stereocenters. The average Bonchev–Trinajstić information content (AvgIpc) is 3.36. The monoisotopic (exact) mass is 398 g/mol. The molecule has 154 valence electrons. The molecule has 29 heavy (non-hydrogen) atoms. The normalized spacial score (nSPS) is 27.3. The molecular formula is C22H26N2O5. The molecule has 1 aliphatic heterocycles. The zero-order valence-electron chi connectivity index (χ0n) is 16.8. The Morgan fingerprint density at radius 3 is 2.34 bits per heavy atom. The number of aryl methyl sites for hydroxylation is 2. The van der Waals surface area contributed by atoms with Crippen molar-refractivity contribution in [3.63, 3.8) is 0 Å². The maximum Gasteiger partial charge on any atom is 0.308 e. The van der Waals surface area contributed by atoms with Crippen LogP contribution in [0.25, 0.3) is 0 Å². The number of imide groups is 1. The van der Waals surface area contributed by atoms with Crippen molar-refractivity contribution in [2.75, 3.05) is 18.5 Å². The van der Waals surface area contributed by atoms with E-state index < -0.39 is 18.5 Å². The molecule has 2 saturated carbocycles. The third kappa shape index (κ3) is 3.66. The summed E-state index contributed by atoms with van der Waals surface area (Å²) in [7, 11) is 0. The van der Waals surface area contributed by atoms with Crippen molar-refractivity contribution >= 4 is 29.4 Å². The lowest BCUT2D eigenvalue weighted by Gasteiger charge is -2.19. The smallest absolute Gasteiger partial charge is 0.308 e. The van der Waals surface area contributed by atoms with Gasteiger partial charge >= 0.3 is 5.97 Å². The number of ether oxygens (including phenoxy) is 1. The molecule has 1 aromatic carbocycles. The van der Waals surface area contributed by atoms with E-state index in [9.17, 15) is 19.2 Å². The molecule has 0 radical (unpaired) electrons. The minimum absolute atomic E-state index is 0.0295. The van der Waals surface area contributed by atoms with Gasteiger partial charge in [0.1, 0.15) is 0 Å². The van der Waals surface area contributed by atoms with Crippen molar-refractivity contribution in [3.05, 3.63) is 29.3 Å². The lowest BCUT2D eigenvalue weighted by atomic mass is 9.81. The maximum atomic E-state index is 12.6. The van der Waals surface area contributed by atoms with Gasteiger partial charge in [-0.05, 0) is 68.2 Å². The quantitative estimate of drug-likeness (QED) is 0.586. The summed E-state index contributed by atoms with van der Waals surface area (Å²) < 4.78 is 5.01. The second-order valence-corrected chi connectivity index (χ2v) is 8.47. The van der Waals surface area contributed by atoms with Gasteiger partial charge in [-0.1, -0.05) is 6.07 Å². The van der Waals surface area contributed by atoms with Crippen LogP contribution in [0.2, 0.25) is 0 Å². The summed E-state index contributed by atoms with van der Waals surface area (Å²) in [6, 6.07) is 5.54. The molecule has 4 rings (SSSR count). The minimum atomic E-state index is -0.596. The molecule has 2 aliphatic carbocycles. The van der Waals surface area contributed by atoms with Gasteiger partial charge in [-0.2, -0.15) is 0 Å². The van der Waals surface area contributed by atoms with Crippen LogP contribution in [0.15, 0.2) is 18.2 Å². The molecule has 1 heterocycles. The topological polar surface area (TPSA) is 92.8 Å². The van der Waals surface area contributed by atoms with Gasteiger partial charge in [0.2, 0.25) is 11.8 Å². The van der Waals surface area contributed by atoms with Gasteiger partial charge in [-0.15, -0.1) is 0 Å². The summed E-state index contributed by atoms with van der Waals surface area (Å²) in [6.07, 6.45) is 2.94. The number of likely N-dealkylation sites (tertiary alicyclic amines) is 1. The maximum absolute atomic E-state index is 12.6. The van der Waals surface area contributed by atoms with Gasteiger partial charge in [0.05, 0.1) is 18.3 Å². The molecule has 1 N–H and O–H groups in total. The Hall–Kier alpha value is -2.70. The van der Waals surface area contributed by atoms with E-state index >= 15 is 0 Å². The van der Waals surface area contributed by atoms with Gasteiger partial charge in [0.15, 0.2) is 6.61 Å². The Labute approximate surface area is 169 Å². The van der Waals surface area contributed by atoms with Crippen LogP contribution in [0.5, 0.6) is 0 Å². The number of hydrogen-bond acceptors (Lipinski definition) is 5. The van der Waals surface area contributed by atoms with E-state index in [1.54, 1.807) is 6.07 Å². The van der Waals surface area contributed by atoms with Crippen LogP contribution >= 0.6 is 0 Å². The van der Waals surface area contributed by atoms with E-state index in [0.717, 1.165) is 30.4 Å².